The van der Waals surface area contributed by atoms with Gasteiger partial charge in [-0.1, -0.05) is 43.7 Å². The molecule has 1 atom stereocenters. The van der Waals surface area contributed by atoms with Crippen molar-refractivity contribution in [2.45, 2.75) is 32.2 Å². The molecule has 2 aliphatic rings. The van der Waals surface area contributed by atoms with E-state index in [-0.39, 0.29) is 22.7 Å². The molecule has 30 heavy (non-hydrogen) atoms. The second kappa shape index (κ2) is 6.55. The minimum Gasteiger partial charge on any atom is -0.450 e. The summed E-state index contributed by atoms with van der Waals surface area (Å²) in [5, 5.41) is 0.376. The Hall–Kier alpha value is -3.41. The van der Waals surface area contributed by atoms with Crippen LogP contribution in [0, 0.1) is 0 Å². The summed E-state index contributed by atoms with van der Waals surface area (Å²) < 4.78 is 5.96. The van der Waals surface area contributed by atoms with Gasteiger partial charge in [0.2, 0.25) is 5.76 Å². The van der Waals surface area contributed by atoms with Crippen LogP contribution >= 0.6 is 0 Å². The van der Waals surface area contributed by atoms with E-state index < -0.39 is 11.4 Å². The fourth-order valence-electron chi connectivity index (χ4n) is 4.87. The van der Waals surface area contributed by atoms with Gasteiger partial charge in [0, 0.05) is 18.7 Å². The fraction of sp³-hybridized carbons (Fsp3) is 0.292. The van der Waals surface area contributed by atoms with Crippen LogP contribution in [0.4, 0.5) is 5.69 Å². The second-order valence-corrected chi connectivity index (χ2v) is 7.72. The first-order valence-electron chi connectivity index (χ1n) is 10.4. The van der Waals surface area contributed by atoms with Gasteiger partial charge in [-0.05, 0) is 31.5 Å². The summed E-state index contributed by atoms with van der Waals surface area (Å²) in [7, 11) is 0. The van der Waals surface area contributed by atoms with Crippen molar-refractivity contribution >= 4 is 28.5 Å². The minimum absolute atomic E-state index is 0.0177. The molecule has 0 saturated carbocycles. The van der Waals surface area contributed by atoms with Crippen molar-refractivity contribution in [1.29, 1.82) is 0 Å². The van der Waals surface area contributed by atoms with Gasteiger partial charge in [-0.3, -0.25) is 14.4 Å². The summed E-state index contributed by atoms with van der Waals surface area (Å²) in [5.41, 5.74) is 0.116. The van der Waals surface area contributed by atoms with Gasteiger partial charge >= 0.3 is 0 Å². The number of unbranched alkanes of at least 4 members (excludes halogenated alkanes) is 1. The number of hydrogen-bond donors (Lipinski definition) is 0. The Morgan fingerprint density at radius 2 is 1.70 bits per heavy atom. The monoisotopic (exact) mass is 402 g/mol. The topological polar surface area (TPSA) is 70.8 Å². The Bertz CT molecular complexity index is 1260. The Morgan fingerprint density at radius 3 is 2.47 bits per heavy atom. The van der Waals surface area contributed by atoms with Crippen molar-refractivity contribution in [3.63, 3.8) is 0 Å². The van der Waals surface area contributed by atoms with Crippen LogP contribution in [0.1, 0.15) is 48.4 Å². The van der Waals surface area contributed by atoms with Gasteiger partial charge < -0.3 is 14.2 Å². The molecule has 0 bridgehead atoms. The van der Waals surface area contributed by atoms with E-state index in [1.165, 1.54) is 0 Å². The van der Waals surface area contributed by atoms with Crippen molar-refractivity contribution in [2.75, 3.05) is 18.0 Å². The zero-order valence-corrected chi connectivity index (χ0v) is 17.0. The number of benzene rings is 2. The number of amides is 2. The van der Waals surface area contributed by atoms with Crippen LogP contribution in [0.25, 0.3) is 11.0 Å². The summed E-state index contributed by atoms with van der Waals surface area (Å²) in [6.45, 7) is 4.74. The third kappa shape index (κ3) is 2.11. The molecule has 5 rings (SSSR count). The second-order valence-electron chi connectivity index (χ2n) is 7.72. The molecule has 2 aliphatic heterocycles. The molecule has 0 fully saturated rings. The molecule has 0 N–H and O–H groups in total. The summed E-state index contributed by atoms with van der Waals surface area (Å²) >= 11 is 0. The van der Waals surface area contributed by atoms with Crippen LogP contribution in [0.2, 0.25) is 0 Å². The predicted octanol–water partition coefficient (Wildman–Crippen LogP) is 3.66. The van der Waals surface area contributed by atoms with Gasteiger partial charge in [0.25, 0.3) is 11.8 Å². The smallest absolute Gasteiger partial charge is 0.291 e. The van der Waals surface area contributed by atoms with Crippen LogP contribution in [0.15, 0.2) is 57.7 Å². The van der Waals surface area contributed by atoms with Crippen molar-refractivity contribution in [2.24, 2.45) is 0 Å². The van der Waals surface area contributed by atoms with Gasteiger partial charge in [-0.25, -0.2) is 0 Å². The maximum atomic E-state index is 13.9. The molecular weight excluding hydrogens is 380 g/mol. The van der Waals surface area contributed by atoms with E-state index in [2.05, 4.69) is 0 Å². The lowest BCUT2D eigenvalue weighted by atomic mass is 9.84. The van der Waals surface area contributed by atoms with Crippen molar-refractivity contribution < 1.29 is 14.0 Å². The van der Waals surface area contributed by atoms with Crippen molar-refractivity contribution in [3.05, 3.63) is 75.6 Å². The molecule has 3 heterocycles. The number of likely N-dealkylation sites (N-methyl/N-ethyl adjacent to an activating group) is 1. The summed E-state index contributed by atoms with van der Waals surface area (Å²) in [6, 6.07) is 14.3. The number of anilines is 1. The molecule has 2 amide bonds. The molecule has 1 spiro atoms. The Morgan fingerprint density at radius 1 is 0.967 bits per heavy atom. The standard InChI is InChI=1S/C24H22N2O4/c1-3-5-14-26-22(28)21-19(20(27)15-10-6-9-13-18(15)30-21)24(26)16-11-7-8-12-17(16)25(4-2)23(24)29/h6-13H,3-5,14H2,1-2H3. The number of carbonyl (C=O) groups is 2. The molecule has 1 unspecified atom stereocenters. The van der Waals surface area contributed by atoms with E-state index in [9.17, 15) is 14.4 Å². The molecule has 152 valence electrons. The molecular formula is C24H22N2O4. The third-order valence-electron chi connectivity index (χ3n) is 6.19. The maximum Gasteiger partial charge on any atom is 0.291 e. The SMILES string of the molecule is CCCCN1C(=O)c2oc3ccccc3c(=O)c2C12C(=O)N(CC)c1ccccc12. The molecule has 6 heteroatoms. The number of rotatable bonds is 4. The Labute approximate surface area is 173 Å². The quantitative estimate of drug-likeness (QED) is 0.668. The van der Waals surface area contributed by atoms with Gasteiger partial charge in [-0.15, -0.1) is 0 Å². The van der Waals surface area contributed by atoms with Gasteiger partial charge in [-0.2, -0.15) is 0 Å². The van der Waals surface area contributed by atoms with E-state index in [1.807, 2.05) is 38.1 Å². The van der Waals surface area contributed by atoms with Crippen LogP contribution in [-0.4, -0.2) is 29.8 Å². The van der Waals surface area contributed by atoms with Gasteiger partial charge in [0.05, 0.1) is 16.6 Å². The number of nitrogens with zero attached hydrogens (tertiary/aromatic N) is 2. The zero-order chi connectivity index (χ0) is 21.0. The number of fused-ring (bicyclic) bond motifs is 5. The normalized spacial score (nSPS) is 19.8. The Balaban J connectivity index is 1.92. The third-order valence-corrected chi connectivity index (χ3v) is 6.19. The Kier molecular flexibility index (Phi) is 4.07. The fourth-order valence-corrected chi connectivity index (χ4v) is 4.87. The lowest BCUT2D eigenvalue weighted by Crippen LogP contribution is -2.53. The van der Waals surface area contributed by atoms with E-state index in [4.69, 9.17) is 4.42 Å². The molecule has 3 aromatic rings. The highest BCUT2D eigenvalue weighted by Gasteiger charge is 2.64. The minimum atomic E-state index is -1.47. The van der Waals surface area contributed by atoms with E-state index >= 15 is 0 Å². The molecule has 6 nitrogen and oxygen atoms in total. The highest BCUT2D eigenvalue weighted by molar-refractivity contribution is 6.17. The van der Waals surface area contributed by atoms with Crippen LogP contribution in [0.3, 0.4) is 0 Å². The van der Waals surface area contributed by atoms with Crippen LogP contribution < -0.4 is 10.3 Å². The van der Waals surface area contributed by atoms with Crippen LogP contribution in [-0.2, 0) is 10.3 Å². The maximum absolute atomic E-state index is 13.9. The number of carbonyl (C=O) groups excluding carboxylic acids is 2. The lowest BCUT2D eigenvalue weighted by Gasteiger charge is -2.34. The zero-order valence-electron chi connectivity index (χ0n) is 17.0. The highest BCUT2D eigenvalue weighted by atomic mass is 16.3. The summed E-state index contributed by atoms with van der Waals surface area (Å²) in [5.74, 6) is -0.685. The molecule has 2 aromatic carbocycles. The van der Waals surface area contributed by atoms with E-state index in [0.29, 0.717) is 29.6 Å². The van der Waals surface area contributed by atoms with Crippen LogP contribution in [0.5, 0.6) is 0 Å². The van der Waals surface area contributed by atoms with Crippen molar-refractivity contribution in [3.8, 4) is 0 Å². The van der Waals surface area contributed by atoms with E-state index in [1.54, 1.807) is 34.1 Å². The highest BCUT2D eigenvalue weighted by Crippen LogP contribution is 2.52. The molecule has 0 saturated heterocycles. The average molecular weight is 402 g/mol. The lowest BCUT2D eigenvalue weighted by molar-refractivity contribution is -0.126. The molecule has 1 aromatic heterocycles. The largest absolute Gasteiger partial charge is 0.450 e. The first kappa shape index (κ1) is 18.6. The summed E-state index contributed by atoms with van der Waals surface area (Å²) in [6.07, 6.45) is 1.57. The molecule has 0 aliphatic carbocycles. The van der Waals surface area contributed by atoms with Gasteiger partial charge in [0.15, 0.2) is 11.0 Å². The first-order chi connectivity index (χ1) is 14.6. The average Bonchev–Trinajstić information content (AvgIpc) is 3.16. The van der Waals surface area contributed by atoms with Gasteiger partial charge in [0.1, 0.15) is 5.58 Å². The van der Waals surface area contributed by atoms with E-state index in [0.717, 1.165) is 18.5 Å². The number of hydrogen-bond acceptors (Lipinski definition) is 4. The first-order valence-corrected chi connectivity index (χ1v) is 10.4. The number of para-hydroxylation sites is 2. The van der Waals surface area contributed by atoms with Crippen molar-refractivity contribution in [1.82, 2.24) is 4.90 Å². The molecule has 0 radical (unpaired) electrons. The predicted molar refractivity (Wildman–Crippen MR) is 114 cm³/mol. The summed E-state index contributed by atoms with van der Waals surface area (Å²) in [4.78, 5) is 44.4.